The molecule has 2 aromatic rings. The molecule has 0 aliphatic rings. The van der Waals surface area contributed by atoms with Crippen LogP contribution in [0.15, 0.2) is 24.3 Å². The van der Waals surface area contributed by atoms with Gasteiger partial charge in [0.15, 0.2) is 5.92 Å². The van der Waals surface area contributed by atoms with Crippen LogP contribution in [0.4, 0.5) is 13.2 Å². The second-order valence-electron chi connectivity index (χ2n) is 3.44. The van der Waals surface area contributed by atoms with Crippen molar-refractivity contribution in [2.75, 3.05) is 0 Å². The number of nitrogens with zero attached hydrogens (tertiary/aromatic N) is 2. The van der Waals surface area contributed by atoms with Gasteiger partial charge in [0.2, 0.25) is 0 Å². The van der Waals surface area contributed by atoms with Crippen molar-refractivity contribution < 1.29 is 18.0 Å². The fraction of sp³-hybridized carbons (Fsp3) is 0.182. The number of rotatable bonds is 2. The average Bonchev–Trinajstić information content (AvgIpc) is 2.71. The minimum Gasteiger partial charge on any atom is -0.288 e. The Morgan fingerprint density at radius 2 is 2.06 bits per heavy atom. The lowest BCUT2D eigenvalue weighted by atomic mass is 10.1. The molecule has 2 rings (SSSR count). The molecule has 0 radical (unpaired) electrons. The Morgan fingerprint density at radius 3 is 2.61 bits per heavy atom. The first-order valence-corrected chi connectivity index (χ1v) is 5.61. The molecule has 0 bridgehead atoms. The van der Waals surface area contributed by atoms with Crippen LogP contribution in [0.5, 0.6) is 0 Å². The summed E-state index contributed by atoms with van der Waals surface area (Å²) in [5.74, 6) is -3.97. The van der Waals surface area contributed by atoms with Gasteiger partial charge in [-0.15, -0.1) is 11.3 Å². The van der Waals surface area contributed by atoms with Crippen LogP contribution in [0.25, 0.3) is 10.2 Å². The summed E-state index contributed by atoms with van der Waals surface area (Å²) < 4.78 is 37.6. The third kappa shape index (κ3) is 2.19. The number of hydrogen-bond donors (Lipinski definition) is 0. The van der Waals surface area contributed by atoms with Crippen LogP contribution in [-0.2, 0) is 4.79 Å². The van der Waals surface area contributed by atoms with Crippen LogP contribution in [0.1, 0.15) is 10.9 Å². The molecule has 0 saturated heterocycles. The van der Waals surface area contributed by atoms with Gasteiger partial charge < -0.3 is 0 Å². The Balaban J connectivity index is 2.46. The van der Waals surface area contributed by atoms with Crippen molar-refractivity contribution in [1.29, 1.82) is 5.26 Å². The molecule has 0 aliphatic heterocycles. The zero-order chi connectivity index (χ0) is 13.3. The molecule has 0 unspecified atom stereocenters. The number of fused-ring (bicyclic) bond motifs is 1. The first-order chi connectivity index (χ1) is 8.43. The zero-order valence-electron chi connectivity index (χ0n) is 8.73. The van der Waals surface area contributed by atoms with E-state index in [1.807, 2.05) is 0 Å². The molecule has 0 N–H and O–H groups in total. The summed E-state index contributed by atoms with van der Waals surface area (Å²) in [5, 5.41) is 8.61. The van der Waals surface area contributed by atoms with Crippen molar-refractivity contribution >= 4 is 27.3 Å². The molecule has 0 saturated carbocycles. The average molecular weight is 270 g/mol. The standard InChI is InChI=1S/C11H5F3N2OS/c12-11(13,14)9(17)6(5-15)10-16-7-3-1-2-4-8(7)18-10/h1-4,6H/t6-/m1/s1. The Morgan fingerprint density at radius 1 is 1.39 bits per heavy atom. The van der Waals surface area contributed by atoms with E-state index in [-0.39, 0.29) is 5.01 Å². The third-order valence-corrected chi connectivity index (χ3v) is 3.33. The van der Waals surface area contributed by atoms with Crippen LogP contribution in [0, 0.1) is 11.3 Å². The second-order valence-corrected chi connectivity index (χ2v) is 4.51. The SMILES string of the molecule is N#C[C@H](C(=O)C(F)(F)F)c1nc2ccccc2s1. The fourth-order valence-electron chi connectivity index (χ4n) is 1.40. The first-order valence-electron chi connectivity index (χ1n) is 4.79. The number of hydrogen-bond acceptors (Lipinski definition) is 4. The quantitative estimate of drug-likeness (QED) is 0.842. The number of aromatic nitrogens is 1. The normalized spacial score (nSPS) is 13.2. The summed E-state index contributed by atoms with van der Waals surface area (Å²) in [6, 6.07) is 8.03. The zero-order valence-corrected chi connectivity index (χ0v) is 9.55. The number of carbonyl (C=O) groups is 1. The van der Waals surface area contributed by atoms with Crippen molar-refractivity contribution in [1.82, 2.24) is 4.98 Å². The van der Waals surface area contributed by atoms with Gasteiger partial charge in [-0.05, 0) is 12.1 Å². The summed E-state index contributed by atoms with van der Waals surface area (Å²) >= 11 is 0.920. The maximum absolute atomic E-state index is 12.3. The third-order valence-electron chi connectivity index (χ3n) is 2.23. The number of para-hydroxylation sites is 1. The van der Waals surface area contributed by atoms with Gasteiger partial charge in [0, 0.05) is 0 Å². The second kappa shape index (κ2) is 4.38. The molecule has 1 aromatic heterocycles. The van der Waals surface area contributed by atoms with E-state index in [4.69, 9.17) is 5.26 Å². The highest BCUT2D eigenvalue weighted by molar-refractivity contribution is 7.18. The van der Waals surface area contributed by atoms with Gasteiger partial charge >= 0.3 is 6.18 Å². The Bertz CT molecular complexity index is 609. The van der Waals surface area contributed by atoms with Crippen molar-refractivity contribution in [3.63, 3.8) is 0 Å². The van der Waals surface area contributed by atoms with Crippen LogP contribution in [0.2, 0.25) is 0 Å². The molecule has 7 heteroatoms. The molecule has 18 heavy (non-hydrogen) atoms. The first kappa shape index (κ1) is 12.5. The Kier molecular flexibility index (Phi) is 3.05. The van der Waals surface area contributed by atoms with Crippen LogP contribution in [0.3, 0.4) is 0 Å². The number of thiazole rings is 1. The molecular weight excluding hydrogens is 265 g/mol. The predicted molar refractivity (Wildman–Crippen MR) is 59.0 cm³/mol. The van der Waals surface area contributed by atoms with Gasteiger partial charge in [0.1, 0.15) is 5.01 Å². The highest BCUT2D eigenvalue weighted by Crippen LogP contribution is 2.32. The summed E-state index contributed by atoms with van der Waals surface area (Å²) in [4.78, 5) is 15.0. The van der Waals surface area contributed by atoms with Crippen molar-refractivity contribution in [2.24, 2.45) is 0 Å². The smallest absolute Gasteiger partial charge is 0.288 e. The summed E-state index contributed by atoms with van der Waals surface area (Å²) in [6.07, 6.45) is -5.03. The van der Waals surface area contributed by atoms with Crippen molar-refractivity contribution in [3.05, 3.63) is 29.3 Å². The number of nitriles is 1. The van der Waals surface area contributed by atoms with Gasteiger partial charge in [0.05, 0.1) is 16.3 Å². The highest BCUT2D eigenvalue weighted by atomic mass is 32.1. The lowest BCUT2D eigenvalue weighted by Crippen LogP contribution is -2.28. The lowest BCUT2D eigenvalue weighted by Gasteiger charge is -2.07. The van der Waals surface area contributed by atoms with Crippen LogP contribution >= 0.6 is 11.3 Å². The van der Waals surface area contributed by atoms with Crippen molar-refractivity contribution in [3.8, 4) is 6.07 Å². The number of benzene rings is 1. The number of halogens is 3. The molecular formula is C11H5F3N2OS. The molecule has 1 aromatic carbocycles. The van der Waals surface area contributed by atoms with E-state index in [2.05, 4.69) is 4.98 Å². The predicted octanol–water partition coefficient (Wildman–Crippen LogP) is 3.03. The lowest BCUT2D eigenvalue weighted by molar-refractivity contribution is -0.171. The molecule has 3 nitrogen and oxygen atoms in total. The molecule has 92 valence electrons. The molecule has 1 heterocycles. The van der Waals surface area contributed by atoms with Gasteiger partial charge in [-0.2, -0.15) is 18.4 Å². The van der Waals surface area contributed by atoms with Gasteiger partial charge in [-0.1, -0.05) is 12.1 Å². The maximum atomic E-state index is 12.3. The Hall–Kier alpha value is -1.94. The van der Waals surface area contributed by atoms with E-state index in [1.165, 1.54) is 6.07 Å². The van der Waals surface area contributed by atoms with E-state index in [0.29, 0.717) is 10.2 Å². The van der Waals surface area contributed by atoms with E-state index in [0.717, 1.165) is 11.3 Å². The van der Waals surface area contributed by atoms with Crippen molar-refractivity contribution in [2.45, 2.75) is 12.1 Å². The van der Waals surface area contributed by atoms with Gasteiger partial charge in [-0.25, -0.2) is 4.98 Å². The number of carbonyl (C=O) groups excluding carboxylic acids is 1. The summed E-state index contributed by atoms with van der Waals surface area (Å²) in [5.41, 5.74) is 0.479. The summed E-state index contributed by atoms with van der Waals surface area (Å²) in [7, 11) is 0. The van der Waals surface area contributed by atoms with E-state index < -0.39 is 17.9 Å². The molecule has 0 spiro atoms. The molecule has 0 fully saturated rings. The summed E-state index contributed by atoms with van der Waals surface area (Å²) in [6.45, 7) is 0. The molecule has 1 atom stereocenters. The number of Topliss-reactive ketones (excluding diaryl/α,β-unsaturated/α-hetero) is 1. The largest absolute Gasteiger partial charge is 0.451 e. The number of ketones is 1. The van der Waals surface area contributed by atoms with Crippen LogP contribution < -0.4 is 0 Å². The van der Waals surface area contributed by atoms with Crippen LogP contribution in [-0.4, -0.2) is 16.9 Å². The minimum atomic E-state index is -5.03. The topological polar surface area (TPSA) is 53.8 Å². The van der Waals surface area contributed by atoms with Gasteiger partial charge in [0.25, 0.3) is 5.78 Å². The molecule has 0 amide bonds. The molecule has 0 aliphatic carbocycles. The van der Waals surface area contributed by atoms with E-state index in [1.54, 1.807) is 24.3 Å². The fourth-order valence-corrected chi connectivity index (χ4v) is 2.41. The monoisotopic (exact) mass is 270 g/mol. The Labute approximate surface area is 103 Å². The maximum Gasteiger partial charge on any atom is 0.451 e. The van der Waals surface area contributed by atoms with Gasteiger partial charge in [-0.3, -0.25) is 4.79 Å². The minimum absolute atomic E-state index is 0.124. The van der Waals surface area contributed by atoms with E-state index in [9.17, 15) is 18.0 Å². The number of alkyl halides is 3. The highest BCUT2D eigenvalue weighted by Gasteiger charge is 2.45. The van der Waals surface area contributed by atoms with E-state index >= 15 is 0 Å².